The minimum absolute atomic E-state index is 0.0196. The molecule has 0 radical (unpaired) electrons. The first-order valence-corrected chi connectivity index (χ1v) is 8.11. The molecule has 0 bridgehead atoms. The first kappa shape index (κ1) is 17.5. The van der Waals surface area contributed by atoms with Gasteiger partial charge in [-0.25, -0.2) is 4.79 Å². The third-order valence-corrected chi connectivity index (χ3v) is 4.36. The SMILES string of the molecule is CCOC(C)(C)C(=O)N1CCCC(c2ccc(C(=O)O)cc2)C1. The lowest BCUT2D eigenvalue weighted by Gasteiger charge is -2.37. The molecule has 5 heteroatoms. The Bertz CT molecular complexity index is 565. The van der Waals surface area contributed by atoms with Gasteiger partial charge in [-0.05, 0) is 51.3 Å². The number of benzene rings is 1. The molecule has 1 aliphatic rings. The Balaban J connectivity index is 2.08. The molecule has 2 rings (SSSR count). The van der Waals surface area contributed by atoms with E-state index in [2.05, 4.69) is 0 Å². The van der Waals surface area contributed by atoms with E-state index in [4.69, 9.17) is 9.84 Å². The third-order valence-electron chi connectivity index (χ3n) is 4.36. The minimum Gasteiger partial charge on any atom is -0.478 e. The molecule has 0 spiro atoms. The van der Waals surface area contributed by atoms with E-state index in [0.717, 1.165) is 24.9 Å². The van der Waals surface area contributed by atoms with Gasteiger partial charge in [0.05, 0.1) is 5.56 Å². The number of likely N-dealkylation sites (tertiary alicyclic amines) is 1. The molecule has 1 unspecified atom stereocenters. The normalized spacial score (nSPS) is 18.7. The highest BCUT2D eigenvalue weighted by atomic mass is 16.5. The van der Waals surface area contributed by atoms with E-state index in [9.17, 15) is 9.59 Å². The molecular formula is C18H25NO4. The monoisotopic (exact) mass is 319 g/mol. The number of carbonyl (C=O) groups excluding carboxylic acids is 1. The van der Waals surface area contributed by atoms with Crippen LogP contribution in [0.3, 0.4) is 0 Å². The van der Waals surface area contributed by atoms with Gasteiger partial charge >= 0.3 is 5.97 Å². The van der Waals surface area contributed by atoms with Crippen LogP contribution in [0.2, 0.25) is 0 Å². The van der Waals surface area contributed by atoms with Crippen molar-refractivity contribution in [3.63, 3.8) is 0 Å². The number of carboxylic acid groups (broad SMARTS) is 1. The first-order valence-electron chi connectivity index (χ1n) is 8.11. The van der Waals surface area contributed by atoms with Gasteiger partial charge in [-0.2, -0.15) is 0 Å². The van der Waals surface area contributed by atoms with Crippen LogP contribution in [0, 0.1) is 0 Å². The molecule has 23 heavy (non-hydrogen) atoms. The Hall–Kier alpha value is -1.88. The quantitative estimate of drug-likeness (QED) is 0.906. The second kappa shape index (κ2) is 7.13. The molecule has 1 aromatic carbocycles. The average molecular weight is 319 g/mol. The van der Waals surface area contributed by atoms with Gasteiger partial charge in [0.2, 0.25) is 0 Å². The Morgan fingerprint density at radius 3 is 2.52 bits per heavy atom. The summed E-state index contributed by atoms with van der Waals surface area (Å²) in [5, 5.41) is 8.97. The molecule has 126 valence electrons. The molecule has 1 fully saturated rings. The number of nitrogens with zero attached hydrogens (tertiary/aromatic N) is 1. The number of carbonyl (C=O) groups is 2. The highest BCUT2D eigenvalue weighted by Gasteiger charge is 2.35. The maximum absolute atomic E-state index is 12.7. The maximum atomic E-state index is 12.7. The fraction of sp³-hybridized carbons (Fsp3) is 0.556. The van der Waals surface area contributed by atoms with Crippen LogP contribution in [0.15, 0.2) is 24.3 Å². The second-order valence-corrected chi connectivity index (χ2v) is 6.46. The lowest BCUT2D eigenvalue weighted by molar-refractivity contribution is -0.155. The first-order chi connectivity index (χ1) is 10.8. The van der Waals surface area contributed by atoms with Crippen molar-refractivity contribution in [3.8, 4) is 0 Å². The number of piperidine rings is 1. The molecule has 1 saturated heterocycles. The number of rotatable bonds is 5. The average Bonchev–Trinajstić information content (AvgIpc) is 2.54. The van der Waals surface area contributed by atoms with Gasteiger partial charge in [0.15, 0.2) is 0 Å². The minimum atomic E-state index is -0.921. The summed E-state index contributed by atoms with van der Waals surface area (Å²) < 4.78 is 5.57. The summed E-state index contributed by atoms with van der Waals surface area (Å²) in [6, 6.07) is 6.97. The van der Waals surface area contributed by atoms with Crippen molar-refractivity contribution < 1.29 is 19.4 Å². The van der Waals surface area contributed by atoms with Gasteiger partial charge in [0.25, 0.3) is 5.91 Å². The summed E-state index contributed by atoms with van der Waals surface area (Å²) >= 11 is 0. The van der Waals surface area contributed by atoms with E-state index in [1.807, 2.05) is 37.8 Å². The molecule has 1 aromatic rings. The fourth-order valence-corrected chi connectivity index (χ4v) is 3.13. The molecule has 1 heterocycles. The summed E-state index contributed by atoms with van der Waals surface area (Å²) in [7, 11) is 0. The van der Waals surface area contributed by atoms with Crippen molar-refractivity contribution in [2.45, 2.75) is 45.1 Å². The predicted octanol–water partition coefficient (Wildman–Crippen LogP) is 2.91. The Morgan fingerprint density at radius 2 is 1.96 bits per heavy atom. The van der Waals surface area contributed by atoms with E-state index >= 15 is 0 Å². The zero-order valence-corrected chi connectivity index (χ0v) is 14.0. The van der Waals surface area contributed by atoms with Crippen LogP contribution in [0.5, 0.6) is 0 Å². The van der Waals surface area contributed by atoms with E-state index in [1.165, 1.54) is 0 Å². The summed E-state index contributed by atoms with van der Waals surface area (Å²) in [6.45, 7) is 7.42. The Labute approximate surface area is 137 Å². The van der Waals surface area contributed by atoms with Gasteiger partial charge in [-0.3, -0.25) is 4.79 Å². The van der Waals surface area contributed by atoms with Gasteiger partial charge in [0.1, 0.15) is 5.60 Å². The molecular weight excluding hydrogens is 294 g/mol. The number of hydrogen-bond donors (Lipinski definition) is 1. The molecule has 0 aromatic heterocycles. The third kappa shape index (κ3) is 4.10. The molecule has 0 saturated carbocycles. The Morgan fingerprint density at radius 1 is 1.30 bits per heavy atom. The van der Waals surface area contributed by atoms with Crippen LogP contribution in [-0.4, -0.2) is 47.2 Å². The summed E-state index contributed by atoms with van der Waals surface area (Å²) in [5.74, 6) is -0.658. The van der Waals surface area contributed by atoms with Crippen LogP contribution in [0.1, 0.15) is 55.5 Å². The van der Waals surface area contributed by atoms with Crippen molar-refractivity contribution in [2.75, 3.05) is 19.7 Å². The zero-order chi connectivity index (χ0) is 17.0. The van der Waals surface area contributed by atoms with Crippen LogP contribution in [0.25, 0.3) is 0 Å². The molecule has 1 aliphatic heterocycles. The molecule has 5 nitrogen and oxygen atoms in total. The van der Waals surface area contributed by atoms with Crippen LogP contribution in [-0.2, 0) is 9.53 Å². The van der Waals surface area contributed by atoms with E-state index < -0.39 is 11.6 Å². The van der Waals surface area contributed by atoms with Crippen LogP contribution in [0.4, 0.5) is 0 Å². The maximum Gasteiger partial charge on any atom is 0.335 e. The summed E-state index contributed by atoms with van der Waals surface area (Å²) in [6.07, 6.45) is 1.95. The predicted molar refractivity (Wildman–Crippen MR) is 87.7 cm³/mol. The molecule has 0 aliphatic carbocycles. The highest BCUT2D eigenvalue weighted by molar-refractivity contribution is 5.87. The molecule has 1 amide bonds. The lowest BCUT2D eigenvalue weighted by Crippen LogP contribution is -2.50. The van der Waals surface area contributed by atoms with E-state index in [-0.39, 0.29) is 17.4 Å². The number of amides is 1. The number of ether oxygens (including phenoxy) is 1. The number of carboxylic acids is 1. The van der Waals surface area contributed by atoms with Crippen molar-refractivity contribution in [3.05, 3.63) is 35.4 Å². The molecule has 1 N–H and O–H groups in total. The second-order valence-electron chi connectivity index (χ2n) is 6.46. The number of aromatic carboxylic acids is 1. The van der Waals surface area contributed by atoms with Gasteiger partial charge in [-0.1, -0.05) is 12.1 Å². The van der Waals surface area contributed by atoms with Gasteiger partial charge < -0.3 is 14.7 Å². The van der Waals surface area contributed by atoms with Crippen molar-refractivity contribution in [1.29, 1.82) is 0 Å². The van der Waals surface area contributed by atoms with E-state index in [1.54, 1.807) is 12.1 Å². The van der Waals surface area contributed by atoms with Gasteiger partial charge in [0, 0.05) is 25.6 Å². The number of hydrogen-bond acceptors (Lipinski definition) is 3. The van der Waals surface area contributed by atoms with Crippen molar-refractivity contribution >= 4 is 11.9 Å². The molecule has 1 atom stereocenters. The van der Waals surface area contributed by atoms with Crippen molar-refractivity contribution in [2.24, 2.45) is 0 Å². The van der Waals surface area contributed by atoms with E-state index in [0.29, 0.717) is 13.2 Å². The van der Waals surface area contributed by atoms with Crippen LogP contribution >= 0.6 is 0 Å². The van der Waals surface area contributed by atoms with Gasteiger partial charge in [-0.15, -0.1) is 0 Å². The topological polar surface area (TPSA) is 66.8 Å². The largest absolute Gasteiger partial charge is 0.478 e. The standard InChI is InChI=1S/C18H25NO4/c1-4-23-18(2,3)17(22)19-11-5-6-15(12-19)13-7-9-14(10-8-13)16(20)21/h7-10,15H,4-6,11-12H2,1-3H3,(H,20,21). The Kier molecular flexibility index (Phi) is 5.42. The summed E-state index contributed by atoms with van der Waals surface area (Å²) in [4.78, 5) is 25.5. The fourth-order valence-electron chi connectivity index (χ4n) is 3.13. The van der Waals surface area contributed by atoms with Crippen LogP contribution < -0.4 is 0 Å². The summed E-state index contributed by atoms with van der Waals surface area (Å²) in [5.41, 5.74) is 0.570. The smallest absolute Gasteiger partial charge is 0.335 e. The zero-order valence-electron chi connectivity index (χ0n) is 14.0. The highest BCUT2D eigenvalue weighted by Crippen LogP contribution is 2.29. The lowest BCUT2D eigenvalue weighted by atomic mass is 9.89. The van der Waals surface area contributed by atoms with Crippen molar-refractivity contribution in [1.82, 2.24) is 4.90 Å².